The Morgan fingerprint density at radius 1 is 0.357 bits per heavy atom. The van der Waals surface area contributed by atoms with Crippen molar-refractivity contribution in [2.24, 2.45) is 0 Å². The molecule has 8 aromatic rings. The number of nitrogens with zero attached hydrogens (tertiary/aromatic N) is 4. The van der Waals surface area contributed by atoms with Crippen molar-refractivity contribution in [1.82, 2.24) is 19.9 Å². The highest BCUT2D eigenvalue weighted by molar-refractivity contribution is 6.10. The Hall–Kier alpha value is -5.74. The van der Waals surface area contributed by atoms with Crippen molar-refractivity contribution < 1.29 is 0 Å². The predicted octanol–water partition coefficient (Wildman–Crippen LogP) is 9.39. The summed E-state index contributed by atoms with van der Waals surface area (Å²) in [7, 11) is 0. The Bertz CT molecular complexity index is 2260. The van der Waals surface area contributed by atoms with Gasteiger partial charge >= 0.3 is 0 Å². The van der Waals surface area contributed by atoms with Gasteiger partial charge in [-0.15, -0.1) is 0 Å². The summed E-state index contributed by atoms with van der Waals surface area (Å²) >= 11 is 0. The fraction of sp³-hybridized carbons (Fsp3) is 0. The summed E-state index contributed by atoms with van der Waals surface area (Å²) in [5.41, 5.74) is 8.70. The molecular formula is C38H24N4. The second-order valence-corrected chi connectivity index (χ2v) is 10.3. The molecule has 3 heterocycles. The molecule has 0 saturated heterocycles. The molecule has 0 saturated carbocycles. The Labute approximate surface area is 243 Å². The van der Waals surface area contributed by atoms with Gasteiger partial charge < -0.3 is 0 Å². The summed E-state index contributed by atoms with van der Waals surface area (Å²) < 4.78 is 0. The van der Waals surface area contributed by atoms with Crippen LogP contribution in [0.1, 0.15) is 0 Å². The SMILES string of the molecule is c1ccc(-c2nc(-c3cccc(-c4ccnc(-c5nc6ccccc6c6ccccc56)c4)c3)nc3ccccc23)cc1. The Balaban J connectivity index is 1.25. The first-order valence-electron chi connectivity index (χ1n) is 14.0. The standard InChI is InChI=1S/C38H24N4/c1-2-11-25(12-3-1)36-32-18-7-9-20-34(32)41-38(42-36)28-14-10-13-26(23-28)27-21-22-39-35(24-27)37-31-17-5-4-15-29(31)30-16-6-8-19-33(30)40-37/h1-24H. The number of benzene rings is 5. The Kier molecular flexibility index (Phi) is 5.75. The topological polar surface area (TPSA) is 51.6 Å². The molecule has 0 radical (unpaired) electrons. The third kappa shape index (κ3) is 4.18. The summed E-state index contributed by atoms with van der Waals surface area (Å²) in [4.78, 5) is 19.9. The Morgan fingerprint density at radius 3 is 1.81 bits per heavy atom. The van der Waals surface area contributed by atoms with Crippen LogP contribution in [0.25, 0.3) is 77.7 Å². The first-order chi connectivity index (χ1) is 20.8. The highest BCUT2D eigenvalue weighted by atomic mass is 14.9. The van der Waals surface area contributed by atoms with Crippen LogP contribution in [-0.2, 0) is 0 Å². The highest BCUT2D eigenvalue weighted by Crippen LogP contribution is 2.34. The third-order valence-corrected chi connectivity index (χ3v) is 7.72. The molecule has 0 atom stereocenters. The van der Waals surface area contributed by atoms with Crippen LogP contribution in [-0.4, -0.2) is 19.9 Å². The first-order valence-corrected chi connectivity index (χ1v) is 14.0. The zero-order valence-corrected chi connectivity index (χ0v) is 22.6. The fourth-order valence-corrected chi connectivity index (χ4v) is 5.70. The van der Waals surface area contributed by atoms with Crippen molar-refractivity contribution in [2.45, 2.75) is 0 Å². The van der Waals surface area contributed by atoms with Crippen LogP contribution in [0, 0.1) is 0 Å². The van der Waals surface area contributed by atoms with Crippen molar-refractivity contribution in [3.8, 4) is 45.2 Å². The lowest BCUT2D eigenvalue weighted by molar-refractivity contribution is 1.23. The molecule has 0 N–H and O–H groups in total. The molecule has 3 aromatic heterocycles. The number of para-hydroxylation sites is 2. The van der Waals surface area contributed by atoms with Gasteiger partial charge in [0, 0.05) is 33.5 Å². The monoisotopic (exact) mass is 536 g/mol. The van der Waals surface area contributed by atoms with E-state index in [9.17, 15) is 0 Å². The van der Waals surface area contributed by atoms with Crippen molar-refractivity contribution in [3.63, 3.8) is 0 Å². The average Bonchev–Trinajstić information content (AvgIpc) is 3.08. The molecule has 42 heavy (non-hydrogen) atoms. The van der Waals surface area contributed by atoms with E-state index in [1.54, 1.807) is 0 Å². The van der Waals surface area contributed by atoms with E-state index in [0.717, 1.165) is 66.5 Å². The highest BCUT2D eigenvalue weighted by Gasteiger charge is 2.14. The Morgan fingerprint density at radius 2 is 0.976 bits per heavy atom. The van der Waals surface area contributed by atoms with Gasteiger partial charge in [0.1, 0.15) is 0 Å². The number of rotatable bonds is 4. The van der Waals surface area contributed by atoms with Crippen molar-refractivity contribution in [3.05, 3.63) is 146 Å². The lowest BCUT2D eigenvalue weighted by Gasteiger charge is -2.12. The number of hydrogen-bond donors (Lipinski definition) is 0. The van der Waals surface area contributed by atoms with Crippen LogP contribution in [0.15, 0.2) is 146 Å². The molecule has 0 bridgehead atoms. The summed E-state index contributed by atoms with van der Waals surface area (Å²) in [6, 6.07) is 47.8. The van der Waals surface area contributed by atoms with Gasteiger partial charge in [-0.3, -0.25) is 4.98 Å². The normalized spacial score (nSPS) is 11.3. The largest absolute Gasteiger partial charge is 0.255 e. The van der Waals surface area contributed by atoms with Gasteiger partial charge in [0.2, 0.25) is 0 Å². The van der Waals surface area contributed by atoms with Gasteiger partial charge in [-0.1, -0.05) is 109 Å². The maximum Gasteiger partial charge on any atom is 0.160 e. The molecule has 0 unspecified atom stereocenters. The van der Waals surface area contributed by atoms with Gasteiger partial charge in [0.15, 0.2) is 5.82 Å². The van der Waals surface area contributed by atoms with Crippen LogP contribution < -0.4 is 0 Å². The van der Waals surface area contributed by atoms with Crippen molar-refractivity contribution >= 4 is 32.6 Å². The predicted molar refractivity (Wildman–Crippen MR) is 172 cm³/mol. The van der Waals surface area contributed by atoms with Crippen LogP contribution >= 0.6 is 0 Å². The van der Waals surface area contributed by atoms with Crippen LogP contribution in [0.4, 0.5) is 0 Å². The summed E-state index contributed by atoms with van der Waals surface area (Å²) in [6.07, 6.45) is 1.86. The van der Waals surface area contributed by atoms with Gasteiger partial charge in [-0.25, -0.2) is 15.0 Å². The van der Waals surface area contributed by atoms with Crippen molar-refractivity contribution in [2.75, 3.05) is 0 Å². The summed E-state index contributed by atoms with van der Waals surface area (Å²) in [6.45, 7) is 0. The van der Waals surface area contributed by atoms with Gasteiger partial charge in [-0.2, -0.15) is 0 Å². The zero-order valence-electron chi connectivity index (χ0n) is 22.6. The first kappa shape index (κ1) is 24.1. The van der Waals surface area contributed by atoms with Crippen LogP contribution in [0.2, 0.25) is 0 Å². The zero-order chi connectivity index (χ0) is 27.9. The van der Waals surface area contributed by atoms with Crippen molar-refractivity contribution in [1.29, 1.82) is 0 Å². The van der Waals surface area contributed by atoms with Gasteiger partial charge in [0.25, 0.3) is 0 Å². The molecule has 0 aliphatic carbocycles. The second kappa shape index (κ2) is 10.0. The number of pyridine rings is 2. The number of hydrogen-bond acceptors (Lipinski definition) is 4. The maximum atomic E-state index is 5.07. The summed E-state index contributed by atoms with van der Waals surface area (Å²) in [5, 5.41) is 4.45. The van der Waals surface area contributed by atoms with Gasteiger partial charge in [0.05, 0.1) is 28.1 Å². The van der Waals surface area contributed by atoms with E-state index in [1.807, 2.05) is 54.7 Å². The van der Waals surface area contributed by atoms with E-state index in [0.29, 0.717) is 5.82 Å². The molecular weight excluding hydrogens is 512 g/mol. The minimum Gasteiger partial charge on any atom is -0.255 e. The lowest BCUT2D eigenvalue weighted by Crippen LogP contribution is -1.95. The molecule has 8 rings (SSSR count). The molecule has 4 nitrogen and oxygen atoms in total. The minimum absolute atomic E-state index is 0.700. The molecule has 0 aliphatic heterocycles. The number of fused-ring (bicyclic) bond motifs is 4. The lowest BCUT2D eigenvalue weighted by atomic mass is 9.99. The molecule has 0 fully saturated rings. The van der Waals surface area contributed by atoms with E-state index < -0.39 is 0 Å². The van der Waals surface area contributed by atoms with E-state index >= 15 is 0 Å². The van der Waals surface area contributed by atoms with E-state index in [-0.39, 0.29) is 0 Å². The molecule has 196 valence electrons. The molecule has 5 aromatic carbocycles. The smallest absolute Gasteiger partial charge is 0.160 e. The molecule has 0 aliphatic rings. The third-order valence-electron chi connectivity index (χ3n) is 7.72. The van der Waals surface area contributed by atoms with E-state index in [2.05, 4.69) is 91.0 Å². The quantitative estimate of drug-likeness (QED) is 0.210. The van der Waals surface area contributed by atoms with E-state index in [1.165, 1.54) is 5.39 Å². The molecule has 0 spiro atoms. The van der Waals surface area contributed by atoms with Crippen LogP contribution in [0.5, 0.6) is 0 Å². The maximum absolute atomic E-state index is 5.07. The molecule has 4 heteroatoms. The van der Waals surface area contributed by atoms with Gasteiger partial charge in [-0.05, 0) is 46.8 Å². The second-order valence-electron chi connectivity index (χ2n) is 10.3. The number of aromatic nitrogens is 4. The minimum atomic E-state index is 0.700. The molecule has 0 amide bonds. The van der Waals surface area contributed by atoms with Crippen LogP contribution in [0.3, 0.4) is 0 Å². The average molecular weight is 537 g/mol. The van der Waals surface area contributed by atoms with E-state index in [4.69, 9.17) is 19.9 Å². The fourth-order valence-electron chi connectivity index (χ4n) is 5.70. The summed E-state index contributed by atoms with van der Waals surface area (Å²) in [5.74, 6) is 0.700.